The van der Waals surface area contributed by atoms with Crippen LogP contribution in [0.15, 0.2) is 21.4 Å². The van der Waals surface area contributed by atoms with Gasteiger partial charge in [0.05, 0.1) is 5.56 Å². The van der Waals surface area contributed by atoms with Crippen LogP contribution in [0.25, 0.3) is 0 Å². The average Bonchev–Trinajstić information content (AvgIpc) is 3.05. The van der Waals surface area contributed by atoms with Crippen LogP contribution < -0.4 is 5.73 Å². The molecule has 0 aliphatic heterocycles. The van der Waals surface area contributed by atoms with Crippen molar-refractivity contribution in [3.63, 3.8) is 0 Å². The fourth-order valence-electron chi connectivity index (χ4n) is 2.22. The van der Waals surface area contributed by atoms with Crippen molar-refractivity contribution >= 4 is 17.6 Å². The Bertz CT molecular complexity index is 681. The Balaban J connectivity index is 2.03. The molecule has 0 saturated heterocycles. The van der Waals surface area contributed by atoms with Crippen LogP contribution in [-0.4, -0.2) is 31.2 Å². The summed E-state index contributed by atoms with van der Waals surface area (Å²) in [6.45, 7) is 1.83. The standard InChI is InChI=1S/C12H14N6OS/c1-6-14-12(17-16-6)20-11-8(10(13)18-19)5-7-3-2-4-9(7)15-11/h5,19H,2-4H2,1H3,(H2,13,18)(H,14,16,17). The van der Waals surface area contributed by atoms with Gasteiger partial charge in [-0.1, -0.05) is 5.16 Å². The van der Waals surface area contributed by atoms with E-state index in [2.05, 4.69) is 25.3 Å². The minimum Gasteiger partial charge on any atom is -0.409 e. The predicted octanol–water partition coefficient (Wildman–Crippen LogP) is 1.24. The normalized spacial score (nSPS) is 14.6. The van der Waals surface area contributed by atoms with Crippen LogP contribution in [0.5, 0.6) is 0 Å². The number of nitrogens with zero attached hydrogens (tertiary/aromatic N) is 4. The maximum atomic E-state index is 8.92. The van der Waals surface area contributed by atoms with Gasteiger partial charge in [0.15, 0.2) is 5.84 Å². The monoisotopic (exact) mass is 290 g/mol. The lowest BCUT2D eigenvalue weighted by Gasteiger charge is -2.08. The molecule has 0 bridgehead atoms. The van der Waals surface area contributed by atoms with Crippen molar-refractivity contribution in [3.8, 4) is 0 Å². The lowest BCUT2D eigenvalue weighted by Crippen LogP contribution is -2.16. The Hall–Kier alpha value is -2.09. The highest BCUT2D eigenvalue weighted by Gasteiger charge is 2.20. The Labute approximate surface area is 119 Å². The van der Waals surface area contributed by atoms with Gasteiger partial charge < -0.3 is 10.9 Å². The van der Waals surface area contributed by atoms with E-state index in [0.717, 1.165) is 30.8 Å². The average molecular weight is 290 g/mol. The number of nitrogens with one attached hydrogen (secondary N) is 1. The summed E-state index contributed by atoms with van der Waals surface area (Å²) >= 11 is 1.31. The molecule has 7 nitrogen and oxygen atoms in total. The molecule has 0 fully saturated rings. The highest BCUT2D eigenvalue weighted by molar-refractivity contribution is 7.99. The van der Waals surface area contributed by atoms with E-state index >= 15 is 0 Å². The minimum atomic E-state index is 0.0574. The molecule has 8 heteroatoms. The number of nitrogens with two attached hydrogens (primary N) is 1. The third-order valence-corrected chi connectivity index (χ3v) is 4.03. The van der Waals surface area contributed by atoms with E-state index in [-0.39, 0.29) is 5.84 Å². The number of hydrogen-bond acceptors (Lipinski definition) is 6. The van der Waals surface area contributed by atoms with Crippen LogP contribution in [0.4, 0.5) is 0 Å². The molecular weight excluding hydrogens is 276 g/mol. The van der Waals surface area contributed by atoms with Crippen LogP contribution in [0, 0.1) is 6.92 Å². The summed E-state index contributed by atoms with van der Waals surface area (Å²) < 4.78 is 0. The number of hydrogen-bond donors (Lipinski definition) is 3. The van der Waals surface area contributed by atoms with Gasteiger partial charge in [0, 0.05) is 5.69 Å². The lowest BCUT2D eigenvalue weighted by atomic mass is 10.1. The van der Waals surface area contributed by atoms with Crippen LogP contribution in [-0.2, 0) is 12.8 Å². The molecule has 1 aliphatic carbocycles. The maximum absolute atomic E-state index is 8.92. The zero-order valence-electron chi connectivity index (χ0n) is 10.9. The van der Waals surface area contributed by atoms with Crippen LogP contribution in [0.1, 0.15) is 29.1 Å². The van der Waals surface area contributed by atoms with E-state index in [1.807, 2.05) is 13.0 Å². The Morgan fingerprint density at radius 1 is 1.45 bits per heavy atom. The third kappa shape index (κ3) is 2.34. The SMILES string of the molecule is Cc1nc(Sc2nc3c(cc2C(N)=NO)CCC3)n[nH]1. The zero-order valence-corrected chi connectivity index (χ0v) is 11.7. The summed E-state index contributed by atoms with van der Waals surface area (Å²) in [5.41, 5.74) is 8.62. The number of fused-ring (bicyclic) bond motifs is 1. The van der Waals surface area contributed by atoms with Crippen molar-refractivity contribution in [3.05, 3.63) is 28.7 Å². The van der Waals surface area contributed by atoms with Gasteiger partial charge in [-0.05, 0) is 49.6 Å². The summed E-state index contributed by atoms with van der Waals surface area (Å²) in [4.78, 5) is 8.86. The highest BCUT2D eigenvalue weighted by Crippen LogP contribution is 2.30. The number of aromatic nitrogens is 4. The molecule has 2 aromatic heterocycles. The van der Waals surface area contributed by atoms with Gasteiger partial charge >= 0.3 is 0 Å². The van der Waals surface area contributed by atoms with Crippen molar-refractivity contribution in [2.24, 2.45) is 10.9 Å². The maximum Gasteiger partial charge on any atom is 0.214 e. The van der Waals surface area contributed by atoms with E-state index in [4.69, 9.17) is 10.9 Å². The molecule has 2 aromatic rings. The van der Waals surface area contributed by atoms with Crippen molar-refractivity contribution in [1.29, 1.82) is 0 Å². The molecule has 0 spiro atoms. The summed E-state index contributed by atoms with van der Waals surface area (Å²) in [6, 6.07) is 1.95. The first-order valence-corrected chi connectivity index (χ1v) is 7.06. The van der Waals surface area contributed by atoms with E-state index in [9.17, 15) is 0 Å². The number of pyridine rings is 1. The highest BCUT2D eigenvalue weighted by atomic mass is 32.2. The lowest BCUT2D eigenvalue weighted by molar-refractivity contribution is 0.318. The third-order valence-electron chi connectivity index (χ3n) is 3.16. The fraction of sp³-hybridized carbons (Fsp3) is 0.333. The molecule has 0 aromatic carbocycles. The molecule has 0 radical (unpaired) electrons. The van der Waals surface area contributed by atoms with Gasteiger partial charge in [-0.15, -0.1) is 5.10 Å². The molecule has 20 heavy (non-hydrogen) atoms. The van der Waals surface area contributed by atoms with Gasteiger partial charge in [0.25, 0.3) is 0 Å². The first-order chi connectivity index (χ1) is 9.67. The first-order valence-electron chi connectivity index (χ1n) is 6.25. The van der Waals surface area contributed by atoms with E-state index in [1.165, 1.54) is 17.3 Å². The van der Waals surface area contributed by atoms with Crippen molar-refractivity contribution in [2.45, 2.75) is 36.4 Å². The number of oxime groups is 1. The number of aromatic amines is 1. The van der Waals surface area contributed by atoms with Crippen LogP contribution in [0.2, 0.25) is 0 Å². The van der Waals surface area contributed by atoms with Crippen LogP contribution in [0.3, 0.4) is 0 Å². The summed E-state index contributed by atoms with van der Waals surface area (Å²) in [5.74, 6) is 0.793. The largest absolute Gasteiger partial charge is 0.409 e. The van der Waals surface area contributed by atoms with Crippen molar-refractivity contribution in [2.75, 3.05) is 0 Å². The predicted molar refractivity (Wildman–Crippen MR) is 74.0 cm³/mol. The van der Waals surface area contributed by atoms with Gasteiger partial charge in [-0.25, -0.2) is 9.97 Å². The molecule has 2 heterocycles. The molecule has 0 unspecified atom stereocenters. The van der Waals surface area contributed by atoms with Crippen LogP contribution >= 0.6 is 11.8 Å². The first kappa shape index (κ1) is 12.9. The van der Waals surface area contributed by atoms with E-state index < -0.39 is 0 Å². The molecule has 0 saturated carbocycles. The molecule has 3 rings (SSSR count). The minimum absolute atomic E-state index is 0.0574. The van der Waals surface area contributed by atoms with Crippen molar-refractivity contribution < 1.29 is 5.21 Å². The van der Waals surface area contributed by atoms with Gasteiger partial charge in [-0.2, -0.15) is 0 Å². The quantitative estimate of drug-likeness (QED) is 0.339. The van der Waals surface area contributed by atoms with E-state index in [1.54, 1.807) is 0 Å². The van der Waals surface area contributed by atoms with Gasteiger partial charge in [0.1, 0.15) is 10.9 Å². The second-order valence-electron chi connectivity index (χ2n) is 4.59. The Kier molecular flexibility index (Phi) is 3.31. The molecule has 0 amide bonds. The Morgan fingerprint density at radius 2 is 2.30 bits per heavy atom. The molecule has 1 aliphatic rings. The molecule has 104 valence electrons. The molecular formula is C12H14N6OS. The fourth-order valence-corrected chi connectivity index (χ4v) is 3.10. The Morgan fingerprint density at radius 3 is 3.00 bits per heavy atom. The van der Waals surface area contributed by atoms with Gasteiger partial charge in [-0.3, -0.25) is 5.10 Å². The molecule has 0 atom stereocenters. The molecule has 4 N–H and O–H groups in total. The second kappa shape index (κ2) is 5.12. The number of aryl methyl sites for hydroxylation is 3. The summed E-state index contributed by atoms with van der Waals surface area (Å²) in [5, 5.41) is 20.1. The zero-order chi connectivity index (χ0) is 14.1. The number of H-pyrrole nitrogens is 1. The van der Waals surface area contributed by atoms with E-state index in [0.29, 0.717) is 15.7 Å². The smallest absolute Gasteiger partial charge is 0.214 e. The summed E-state index contributed by atoms with van der Waals surface area (Å²) in [6.07, 6.45) is 3.04. The number of amidine groups is 1. The number of rotatable bonds is 3. The van der Waals surface area contributed by atoms with Crippen molar-refractivity contribution in [1.82, 2.24) is 20.2 Å². The topological polar surface area (TPSA) is 113 Å². The summed E-state index contributed by atoms with van der Waals surface area (Å²) in [7, 11) is 0. The van der Waals surface area contributed by atoms with Gasteiger partial charge in [0.2, 0.25) is 5.16 Å². The second-order valence-corrected chi connectivity index (χ2v) is 5.55.